The minimum atomic E-state index is -4.02. The van der Waals surface area contributed by atoms with Gasteiger partial charge in [-0.05, 0) is 40.3 Å². The van der Waals surface area contributed by atoms with Crippen molar-refractivity contribution in [2.75, 3.05) is 26.7 Å². The zero-order chi connectivity index (χ0) is 12.8. The van der Waals surface area contributed by atoms with Gasteiger partial charge in [0, 0.05) is 24.7 Å². The fourth-order valence-electron chi connectivity index (χ4n) is 2.99. The van der Waals surface area contributed by atoms with E-state index in [0.717, 1.165) is 13.0 Å². The van der Waals surface area contributed by atoms with Crippen molar-refractivity contribution in [1.29, 1.82) is 0 Å². The van der Waals surface area contributed by atoms with E-state index in [-0.39, 0.29) is 18.5 Å². The number of rotatable bonds is 1. The molecule has 0 aromatic rings. The average Bonchev–Trinajstić information content (AvgIpc) is 2.71. The molecule has 0 radical (unpaired) electrons. The Morgan fingerprint density at radius 3 is 2.24 bits per heavy atom. The maximum absolute atomic E-state index is 12.6. The van der Waals surface area contributed by atoms with Crippen molar-refractivity contribution in [1.82, 2.24) is 9.80 Å². The number of likely N-dealkylation sites (tertiary alicyclic amines) is 2. The Labute approximate surface area is 101 Å². The molecule has 2 atom stereocenters. The lowest BCUT2D eigenvalue weighted by Crippen LogP contribution is -2.36. The third kappa shape index (κ3) is 2.60. The standard InChI is InChI=1S/C12H21F3N2/c1-11(2)6-10(8-16(11)3)17-5-4-9(7-17)12(13,14)15/h9-10H,4-8H2,1-3H3. The highest BCUT2D eigenvalue weighted by atomic mass is 19.4. The molecule has 2 aliphatic heterocycles. The van der Waals surface area contributed by atoms with E-state index >= 15 is 0 Å². The molecule has 0 spiro atoms. The maximum Gasteiger partial charge on any atom is 0.393 e. The summed E-state index contributed by atoms with van der Waals surface area (Å²) < 4.78 is 37.8. The van der Waals surface area contributed by atoms with Gasteiger partial charge in [0.2, 0.25) is 0 Å². The number of hydrogen-bond acceptors (Lipinski definition) is 2. The third-order valence-electron chi connectivity index (χ3n) is 4.45. The van der Waals surface area contributed by atoms with Crippen LogP contribution in [0.15, 0.2) is 0 Å². The SMILES string of the molecule is CN1CC(N2CCC(C(F)(F)F)C2)CC1(C)C. The first-order valence-electron chi connectivity index (χ1n) is 6.22. The molecule has 2 rings (SSSR count). The fraction of sp³-hybridized carbons (Fsp3) is 1.00. The van der Waals surface area contributed by atoms with E-state index < -0.39 is 12.1 Å². The molecule has 5 heteroatoms. The van der Waals surface area contributed by atoms with Crippen LogP contribution in [0.5, 0.6) is 0 Å². The first-order valence-corrected chi connectivity index (χ1v) is 6.22. The first kappa shape index (κ1) is 13.1. The summed E-state index contributed by atoms with van der Waals surface area (Å²) in [6.07, 6.45) is -2.78. The monoisotopic (exact) mass is 250 g/mol. The first-order chi connectivity index (χ1) is 7.70. The lowest BCUT2D eigenvalue weighted by Gasteiger charge is -2.26. The molecule has 2 unspecified atom stereocenters. The van der Waals surface area contributed by atoms with Crippen molar-refractivity contribution in [3.63, 3.8) is 0 Å². The van der Waals surface area contributed by atoms with Crippen LogP contribution < -0.4 is 0 Å². The van der Waals surface area contributed by atoms with Gasteiger partial charge in [-0.1, -0.05) is 0 Å². The smallest absolute Gasteiger partial charge is 0.300 e. The molecule has 2 heterocycles. The second-order valence-corrected chi connectivity index (χ2v) is 6.07. The molecule has 100 valence electrons. The van der Waals surface area contributed by atoms with Gasteiger partial charge in [-0.2, -0.15) is 13.2 Å². The largest absolute Gasteiger partial charge is 0.393 e. The second kappa shape index (κ2) is 4.12. The Hall–Kier alpha value is -0.290. The number of halogens is 3. The minimum Gasteiger partial charge on any atom is -0.300 e. The van der Waals surface area contributed by atoms with Crippen LogP contribution in [0.4, 0.5) is 13.2 Å². The lowest BCUT2D eigenvalue weighted by molar-refractivity contribution is -0.170. The summed E-state index contributed by atoms with van der Waals surface area (Å²) in [6.45, 7) is 5.99. The zero-order valence-corrected chi connectivity index (χ0v) is 10.7. The minimum absolute atomic E-state index is 0.112. The Balaban J connectivity index is 1.95. The van der Waals surface area contributed by atoms with Gasteiger partial charge >= 0.3 is 6.18 Å². The van der Waals surface area contributed by atoms with Crippen molar-refractivity contribution in [3.05, 3.63) is 0 Å². The Morgan fingerprint density at radius 1 is 1.18 bits per heavy atom. The van der Waals surface area contributed by atoms with E-state index in [2.05, 4.69) is 25.8 Å². The Bertz CT molecular complexity index is 288. The van der Waals surface area contributed by atoms with Crippen LogP contribution in [0, 0.1) is 5.92 Å². The second-order valence-electron chi connectivity index (χ2n) is 6.07. The van der Waals surface area contributed by atoms with Crippen LogP contribution in [0.3, 0.4) is 0 Å². The molecule has 0 N–H and O–H groups in total. The lowest BCUT2D eigenvalue weighted by atomic mass is 10.00. The Kier molecular flexibility index (Phi) is 3.19. The summed E-state index contributed by atoms with van der Waals surface area (Å²) >= 11 is 0. The van der Waals surface area contributed by atoms with Gasteiger partial charge in [0.25, 0.3) is 0 Å². The highest BCUT2D eigenvalue weighted by Gasteiger charge is 2.47. The molecule has 2 fully saturated rings. The van der Waals surface area contributed by atoms with E-state index in [1.807, 2.05) is 4.90 Å². The predicted octanol–water partition coefficient (Wildman–Crippen LogP) is 2.35. The molecule has 0 aromatic heterocycles. The van der Waals surface area contributed by atoms with Gasteiger partial charge in [0.05, 0.1) is 5.92 Å². The van der Waals surface area contributed by atoms with Crippen molar-refractivity contribution < 1.29 is 13.2 Å². The van der Waals surface area contributed by atoms with Crippen LogP contribution >= 0.6 is 0 Å². The maximum atomic E-state index is 12.6. The molecule has 0 aromatic carbocycles. The van der Waals surface area contributed by atoms with Crippen molar-refractivity contribution >= 4 is 0 Å². The van der Waals surface area contributed by atoms with Crippen molar-refractivity contribution in [3.8, 4) is 0 Å². The summed E-state index contributed by atoms with van der Waals surface area (Å²) in [5.41, 5.74) is 0.112. The number of nitrogens with zero attached hydrogens (tertiary/aromatic N) is 2. The summed E-state index contributed by atoms with van der Waals surface area (Å²) in [7, 11) is 2.05. The van der Waals surface area contributed by atoms with E-state index in [1.165, 1.54) is 0 Å². The molecule has 0 bridgehead atoms. The molecular weight excluding hydrogens is 229 g/mol. The molecule has 2 nitrogen and oxygen atoms in total. The Morgan fingerprint density at radius 2 is 1.82 bits per heavy atom. The van der Waals surface area contributed by atoms with Crippen LogP contribution in [0.1, 0.15) is 26.7 Å². The summed E-state index contributed by atoms with van der Waals surface area (Å²) in [6, 6.07) is 0.294. The molecule has 17 heavy (non-hydrogen) atoms. The van der Waals surface area contributed by atoms with Crippen molar-refractivity contribution in [2.45, 2.75) is 44.4 Å². The van der Waals surface area contributed by atoms with Crippen LogP contribution in [-0.4, -0.2) is 54.2 Å². The van der Waals surface area contributed by atoms with Gasteiger partial charge in [0.1, 0.15) is 0 Å². The highest BCUT2D eigenvalue weighted by molar-refractivity contribution is 4.97. The predicted molar refractivity (Wildman–Crippen MR) is 60.8 cm³/mol. The molecular formula is C12H21F3N2. The van der Waals surface area contributed by atoms with Gasteiger partial charge in [-0.25, -0.2) is 0 Å². The topological polar surface area (TPSA) is 6.48 Å². The summed E-state index contributed by atoms with van der Waals surface area (Å²) in [5.74, 6) is -1.11. The molecule has 2 aliphatic rings. The van der Waals surface area contributed by atoms with E-state index in [1.54, 1.807) is 0 Å². The molecule has 0 aliphatic carbocycles. The molecule has 2 saturated heterocycles. The van der Waals surface area contributed by atoms with Gasteiger partial charge in [-0.3, -0.25) is 9.80 Å². The third-order valence-corrected chi connectivity index (χ3v) is 4.45. The molecule has 0 amide bonds. The van der Waals surface area contributed by atoms with Crippen LogP contribution in [0.2, 0.25) is 0 Å². The highest BCUT2D eigenvalue weighted by Crippen LogP contribution is 2.37. The summed E-state index contributed by atoms with van der Waals surface area (Å²) in [5, 5.41) is 0. The van der Waals surface area contributed by atoms with E-state index in [9.17, 15) is 13.2 Å². The quantitative estimate of drug-likeness (QED) is 0.705. The van der Waals surface area contributed by atoms with Gasteiger partial charge in [-0.15, -0.1) is 0 Å². The number of likely N-dealkylation sites (N-methyl/N-ethyl adjacent to an activating group) is 1. The fourth-order valence-corrected chi connectivity index (χ4v) is 2.99. The number of hydrogen-bond donors (Lipinski definition) is 0. The van der Waals surface area contributed by atoms with Gasteiger partial charge in [0.15, 0.2) is 0 Å². The average molecular weight is 250 g/mol. The van der Waals surface area contributed by atoms with Crippen LogP contribution in [0.25, 0.3) is 0 Å². The van der Waals surface area contributed by atoms with Crippen molar-refractivity contribution in [2.24, 2.45) is 5.92 Å². The zero-order valence-electron chi connectivity index (χ0n) is 10.7. The van der Waals surface area contributed by atoms with E-state index in [4.69, 9.17) is 0 Å². The molecule has 0 saturated carbocycles. The van der Waals surface area contributed by atoms with Crippen LogP contribution in [-0.2, 0) is 0 Å². The summed E-state index contributed by atoms with van der Waals surface area (Å²) in [4.78, 5) is 4.28. The van der Waals surface area contributed by atoms with E-state index in [0.29, 0.717) is 12.6 Å². The van der Waals surface area contributed by atoms with Gasteiger partial charge < -0.3 is 0 Å². The normalized spacial score (nSPS) is 35.6. The number of alkyl halides is 3.